The molecule has 2 rings (SSSR count). The molecule has 5 nitrogen and oxygen atoms in total. The molecule has 0 aliphatic rings. The van der Waals surface area contributed by atoms with Crippen molar-refractivity contribution in [2.75, 3.05) is 20.1 Å². The van der Waals surface area contributed by atoms with E-state index in [1.54, 1.807) is 11.3 Å². The fraction of sp³-hybridized carbons (Fsp3) is 0.556. The first kappa shape index (κ1) is 20.0. The molecule has 138 valence electrons. The average molecular weight is 426 g/mol. The number of aromatic nitrogens is 2. The minimum atomic E-state index is 0.750. The van der Waals surface area contributed by atoms with Crippen LogP contribution in [0.25, 0.3) is 0 Å². The largest absolute Gasteiger partial charge is 0.357 e. The van der Waals surface area contributed by atoms with Gasteiger partial charge in [0.05, 0.1) is 17.2 Å². The third kappa shape index (κ3) is 5.57. The van der Waals surface area contributed by atoms with Crippen LogP contribution in [0.15, 0.2) is 21.7 Å². The fourth-order valence-electron chi connectivity index (χ4n) is 2.69. The second kappa shape index (κ2) is 9.38. The van der Waals surface area contributed by atoms with Crippen molar-refractivity contribution in [3.05, 3.63) is 38.0 Å². The highest BCUT2D eigenvalue weighted by Gasteiger charge is 2.10. The van der Waals surface area contributed by atoms with Crippen molar-refractivity contribution in [1.29, 1.82) is 0 Å². The van der Waals surface area contributed by atoms with E-state index in [1.807, 2.05) is 0 Å². The van der Waals surface area contributed by atoms with E-state index in [-0.39, 0.29) is 0 Å². The minimum Gasteiger partial charge on any atom is -0.357 e. The van der Waals surface area contributed by atoms with Crippen LogP contribution in [-0.2, 0) is 26.4 Å². The van der Waals surface area contributed by atoms with Crippen LogP contribution < -0.4 is 5.32 Å². The summed E-state index contributed by atoms with van der Waals surface area (Å²) in [5.74, 6) is 0.934. The fourth-order valence-corrected chi connectivity index (χ4v) is 4.27. The summed E-state index contributed by atoms with van der Waals surface area (Å²) in [7, 11) is 4.14. The van der Waals surface area contributed by atoms with Crippen LogP contribution in [0.2, 0.25) is 0 Å². The lowest BCUT2D eigenvalue weighted by Crippen LogP contribution is -2.39. The molecule has 0 unspecified atom stereocenters. The van der Waals surface area contributed by atoms with E-state index in [9.17, 15) is 0 Å². The molecule has 0 radical (unpaired) electrons. The molecule has 0 amide bonds. The normalized spacial score (nSPS) is 11.8. The molecule has 7 heteroatoms. The Labute approximate surface area is 163 Å². The predicted molar refractivity (Wildman–Crippen MR) is 110 cm³/mol. The van der Waals surface area contributed by atoms with Crippen LogP contribution in [0, 0.1) is 6.92 Å². The molecular weight excluding hydrogens is 398 g/mol. The van der Waals surface area contributed by atoms with Crippen molar-refractivity contribution in [3.8, 4) is 0 Å². The van der Waals surface area contributed by atoms with Crippen molar-refractivity contribution < 1.29 is 0 Å². The van der Waals surface area contributed by atoms with Gasteiger partial charge in [-0.1, -0.05) is 6.92 Å². The van der Waals surface area contributed by atoms with Gasteiger partial charge < -0.3 is 14.8 Å². The summed E-state index contributed by atoms with van der Waals surface area (Å²) in [5.41, 5.74) is 2.46. The highest BCUT2D eigenvalue weighted by Crippen LogP contribution is 2.18. The summed E-state index contributed by atoms with van der Waals surface area (Å²) in [6.45, 7) is 8.82. The number of nitrogens with zero attached hydrogens (tertiary/aromatic N) is 4. The molecule has 0 atom stereocenters. The van der Waals surface area contributed by atoms with Gasteiger partial charge in [0, 0.05) is 54.8 Å². The van der Waals surface area contributed by atoms with E-state index in [4.69, 9.17) is 9.98 Å². The van der Waals surface area contributed by atoms with Gasteiger partial charge in [-0.25, -0.2) is 4.98 Å². The third-order valence-corrected chi connectivity index (χ3v) is 5.54. The number of hydrogen-bond donors (Lipinski definition) is 1. The zero-order valence-corrected chi connectivity index (χ0v) is 18.2. The zero-order valence-electron chi connectivity index (χ0n) is 15.8. The molecule has 0 saturated heterocycles. The van der Waals surface area contributed by atoms with Crippen molar-refractivity contribution in [2.24, 2.45) is 12.0 Å². The number of halogens is 1. The van der Waals surface area contributed by atoms with Crippen LogP contribution >= 0.6 is 27.3 Å². The molecular formula is C18H28BrN5S. The number of hydrogen-bond acceptors (Lipinski definition) is 3. The highest BCUT2D eigenvalue weighted by atomic mass is 79.9. The standard InChI is InChI=1S/C18H28BrN5S/c1-6-16-13(3)25-17(22-16)8-9-21-18(20-7-2)24(5)12-15-10-14(19)11-23(15)4/h10-11H,6-9,12H2,1-5H3,(H,20,21). The molecule has 0 aliphatic heterocycles. The van der Waals surface area contributed by atoms with E-state index < -0.39 is 0 Å². The molecule has 25 heavy (non-hydrogen) atoms. The summed E-state index contributed by atoms with van der Waals surface area (Å²) in [4.78, 5) is 13.0. The Balaban J connectivity index is 2.00. The quantitative estimate of drug-likeness (QED) is 0.542. The van der Waals surface area contributed by atoms with Gasteiger partial charge >= 0.3 is 0 Å². The molecule has 2 aromatic rings. The van der Waals surface area contributed by atoms with Gasteiger partial charge in [0.25, 0.3) is 0 Å². The molecule has 0 aliphatic carbocycles. The molecule has 0 saturated carbocycles. The number of thiazole rings is 1. The lowest BCUT2D eigenvalue weighted by atomic mass is 10.3. The maximum absolute atomic E-state index is 4.78. The molecule has 1 N–H and O–H groups in total. The smallest absolute Gasteiger partial charge is 0.194 e. The van der Waals surface area contributed by atoms with E-state index >= 15 is 0 Å². The van der Waals surface area contributed by atoms with Gasteiger partial charge in [-0.15, -0.1) is 11.3 Å². The first-order valence-electron chi connectivity index (χ1n) is 8.69. The van der Waals surface area contributed by atoms with Crippen LogP contribution in [0.5, 0.6) is 0 Å². The summed E-state index contributed by atoms with van der Waals surface area (Å²) in [6.07, 6.45) is 3.97. The zero-order chi connectivity index (χ0) is 18.4. The minimum absolute atomic E-state index is 0.750. The highest BCUT2D eigenvalue weighted by molar-refractivity contribution is 9.10. The van der Waals surface area contributed by atoms with Gasteiger partial charge in [-0.2, -0.15) is 0 Å². The van der Waals surface area contributed by atoms with Gasteiger partial charge in [0.1, 0.15) is 0 Å². The Bertz CT molecular complexity index is 719. The van der Waals surface area contributed by atoms with Gasteiger partial charge in [-0.3, -0.25) is 4.99 Å². The Kier molecular flexibility index (Phi) is 7.50. The molecule has 0 aromatic carbocycles. The Morgan fingerprint density at radius 2 is 2.20 bits per heavy atom. The Morgan fingerprint density at radius 1 is 1.44 bits per heavy atom. The van der Waals surface area contributed by atoms with E-state index in [0.717, 1.165) is 42.9 Å². The molecule has 2 aromatic heterocycles. The Hall–Kier alpha value is -1.34. The Morgan fingerprint density at radius 3 is 2.76 bits per heavy atom. The van der Waals surface area contributed by atoms with Crippen molar-refractivity contribution >= 4 is 33.2 Å². The molecule has 0 bridgehead atoms. The summed E-state index contributed by atoms with van der Waals surface area (Å²) in [6, 6.07) is 2.14. The third-order valence-electron chi connectivity index (χ3n) is 4.03. The van der Waals surface area contributed by atoms with Crippen molar-refractivity contribution in [3.63, 3.8) is 0 Å². The maximum atomic E-state index is 4.78. The maximum Gasteiger partial charge on any atom is 0.194 e. The van der Waals surface area contributed by atoms with Gasteiger partial charge in [0.15, 0.2) is 5.96 Å². The van der Waals surface area contributed by atoms with Crippen molar-refractivity contribution in [1.82, 2.24) is 19.8 Å². The van der Waals surface area contributed by atoms with Crippen LogP contribution in [0.1, 0.15) is 35.1 Å². The number of guanidine groups is 1. The predicted octanol–water partition coefficient (Wildman–Crippen LogP) is 3.75. The topological polar surface area (TPSA) is 45.5 Å². The number of aryl methyl sites for hydroxylation is 3. The molecule has 0 fully saturated rings. The van der Waals surface area contributed by atoms with E-state index in [2.05, 4.69) is 77.8 Å². The second-order valence-corrected chi connectivity index (χ2v) is 8.27. The van der Waals surface area contributed by atoms with Gasteiger partial charge in [-0.05, 0) is 42.3 Å². The van der Waals surface area contributed by atoms with Crippen LogP contribution in [0.3, 0.4) is 0 Å². The number of nitrogens with one attached hydrogen (secondary N) is 1. The number of rotatable bonds is 7. The van der Waals surface area contributed by atoms with E-state index in [0.29, 0.717) is 0 Å². The SMILES string of the molecule is CCNC(=NCCc1nc(CC)c(C)s1)N(C)Cc1cc(Br)cn1C. The van der Waals surface area contributed by atoms with Crippen LogP contribution in [-0.4, -0.2) is 40.5 Å². The van der Waals surface area contributed by atoms with E-state index in [1.165, 1.54) is 21.3 Å². The molecule has 0 spiro atoms. The average Bonchev–Trinajstić information content (AvgIpc) is 3.07. The summed E-state index contributed by atoms with van der Waals surface area (Å²) >= 11 is 5.33. The first-order chi connectivity index (χ1) is 11.9. The summed E-state index contributed by atoms with van der Waals surface area (Å²) < 4.78 is 3.24. The van der Waals surface area contributed by atoms with Crippen LogP contribution in [0.4, 0.5) is 0 Å². The van der Waals surface area contributed by atoms with Crippen molar-refractivity contribution in [2.45, 2.75) is 40.2 Å². The monoisotopic (exact) mass is 425 g/mol. The number of aliphatic imine (C=N–C) groups is 1. The lowest BCUT2D eigenvalue weighted by molar-refractivity contribution is 0.462. The van der Waals surface area contributed by atoms with Gasteiger partial charge in [0.2, 0.25) is 0 Å². The molecule has 2 heterocycles. The summed E-state index contributed by atoms with van der Waals surface area (Å²) in [5, 5.41) is 4.56. The second-order valence-electron chi connectivity index (χ2n) is 6.07. The first-order valence-corrected chi connectivity index (χ1v) is 10.3. The lowest BCUT2D eigenvalue weighted by Gasteiger charge is -2.22.